The summed E-state index contributed by atoms with van der Waals surface area (Å²) in [5.41, 5.74) is 2.19. The van der Waals surface area contributed by atoms with E-state index < -0.39 is 0 Å². The van der Waals surface area contributed by atoms with E-state index in [1.54, 1.807) is 24.3 Å². The number of carbonyl (C=O) groups excluding carboxylic acids is 1. The summed E-state index contributed by atoms with van der Waals surface area (Å²) in [4.78, 5) is 16.8. The van der Waals surface area contributed by atoms with Crippen LogP contribution in [0.1, 0.15) is 21.8 Å². The second kappa shape index (κ2) is 9.24. The van der Waals surface area contributed by atoms with Gasteiger partial charge in [-0.05, 0) is 24.3 Å². The highest BCUT2D eigenvalue weighted by Crippen LogP contribution is 2.20. The molecule has 0 atom stereocenters. The second-order valence-corrected chi connectivity index (χ2v) is 6.88. The first kappa shape index (κ1) is 19.7. The molecule has 0 aliphatic carbocycles. The van der Waals surface area contributed by atoms with Crippen molar-refractivity contribution >= 4 is 17.5 Å². The molecule has 1 heterocycles. The summed E-state index contributed by atoms with van der Waals surface area (Å²) in [6, 6.07) is 23.9. The zero-order valence-electron chi connectivity index (χ0n) is 15.9. The average Bonchev–Trinajstić information content (AvgIpc) is 3.27. The van der Waals surface area contributed by atoms with Gasteiger partial charge in [0.05, 0.1) is 6.54 Å². The normalized spacial score (nSPS) is 10.6. The molecular formula is C23H18ClN3O3. The van der Waals surface area contributed by atoms with Crippen LogP contribution in [0.4, 0.5) is 0 Å². The van der Waals surface area contributed by atoms with Gasteiger partial charge in [-0.3, -0.25) is 4.79 Å². The van der Waals surface area contributed by atoms with Crippen LogP contribution in [-0.4, -0.2) is 16.0 Å². The number of hydrogen-bond acceptors (Lipinski definition) is 5. The van der Waals surface area contributed by atoms with Crippen molar-refractivity contribution in [1.82, 2.24) is 15.5 Å². The highest BCUT2D eigenvalue weighted by molar-refractivity contribution is 6.31. The van der Waals surface area contributed by atoms with Crippen LogP contribution in [0.3, 0.4) is 0 Å². The van der Waals surface area contributed by atoms with E-state index in [9.17, 15) is 4.79 Å². The summed E-state index contributed by atoms with van der Waals surface area (Å²) in [6.45, 7) is 0.443. The van der Waals surface area contributed by atoms with Crippen LogP contribution in [0.2, 0.25) is 5.02 Å². The Morgan fingerprint density at radius 1 is 1.00 bits per heavy atom. The molecule has 30 heavy (non-hydrogen) atoms. The van der Waals surface area contributed by atoms with Gasteiger partial charge in [0.2, 0.25) is 11.7 Å². The molecule has 0 aliphatic rings. The topological polar surface area (TPSA) is 77.3 Å². The number of ether oxygens (including phenoxy) is 1. The molecule has 1 N–H and O–H groups in total. The molecule has 0 bridgehead atoms. The van der Waals surface area contributed by atoms with E-state index in [1.165, 1.54) is 0 Å². The minimum absolute atomic E-state index is 0.128. The van der Waals surface area contributed by atoms with Gasteiger partial charge in [0.15, 0.2) is 0 Å². The molecule has 4 aromatic rings. The second-order valence-electron chi connectivity index (χ2n) is 6.47. The smallest absolute Gasteiger partial charge is 0.251 e. The molecule has 0 aliphatic heterocycles. The van der Waals surface area contributed by atoms with Crippen LogP contribution in [-0.2, 0) is 13.2 Å². The molecule has 150 valence electrons. The lowest BCUT2D eigenvalue weighted by molar-refractivity contribution is 0.0945. The van der Waals surface area contributed by atoms with Gasteiger partial charge in [0.1, 0.15) is 12.4 Å². The van der Waals surface area contributed by atoms with Gasteiger partial charge in [-0.1, -0.05) is 71.4 Å². The van der Waals surface area contributed by atoms with Gasteiger partial charge in [-0.2, -0.15) is 4.98 Å². The molecule has 0 saturated carbocycles. The average molecular weight is 420 g/mol. The standard InChI is InChI=1S/C23H18ClN3O3/c24-20-12-5-4-9-18(20)15-29-19-11-6-10-17(13-19)23(28)25-14-21-26-22(27-30-21)16-7-2-1-3-8-16/h1-13H,14-15H2,(H,25,28). The number of carbonyl (C=O) groups is 1. The lowest BCUT2D eigenvalue weighted by Crippen LogP contribution is -2.22. The molecule has 0 saturated heterocycles. The Labute approximate surface area is 178 Å². The summed E-state index contributed by atoms with van der Waals surface area (Å²) in [5, 5.41) is 7.36. The Hall–Kier alpha value is -3.64. The number of amides is 1. The van der Waals surface area contributed by atoms with Crippen molar-refractivity contribution in [3.63, 3.8) is 0 Å². The highest BCUT2D eigenvalue weighted by Gasteiger charge is 2.11. The van der Waals surface area contributed by atoms with E-state index in [1.807, 2.05) is 54.6 Å². The van der Waals surface area contributed by atoms with Crippen molar-refractivity contribution in [2.45, 2.75) is 13.2 Å². The Morgan fingerprint density at radius 2 is 1.80 bits per heavy atom. The maximum atomic E-state index is 12.5. The van der Waals surface area contributed by atoms with Crippen LogP contribution in [0.15, 0.2) is 83.4 Å². The maximum absolute atomic E-state index is 12.5. The van der Waals surface area contributed by atoms with Crippen molar-refractivity contribution in [1.29, 1.82) is 0 Å². The van der Waals surface area contributed by atoms with Crippen molar-refractivity contribution in [3.05, 3.63) is 101 Å². The van der Waals surface area contributed by atoms with E-state index in [0.29, 0.717) is 34.7 Å². The van der Waals surface area contributed by atoms with E-state index in [4.69, 9.17) is 20.9 Å². The molecule has 6 nitrogen and oxygen atoms in total. The Balaban J connectivity index is 1.35. The van der Waals surface area contributed by atoms with E-state index in [-0.39, 0.29) is 12.5 Å². The Bertz CT molecular complexity index is 1150. The van der Waals surface area contributed by atoms with Gasteiger partial charge in [0, 0.05) is 21.7 Å². The summed E-state index contributed by atoms with van der Waals surface area (Å²) in [7, 11) is 0. The third kappa shape index (κ3) is 4.85. The predicted molar refractivity (Wildman–Crippen MR) is 113 cm³/mol. The minimum atomic E-state index is -0.266. The summed E-state index contributed by atoms with van der Waals surface area (Å²) in [5.74, 6) is 1.12. The first-order valence-corrected chi connectivity index (χ1v) is 9.69. The van der Waals surface area contributed by atoms with Crippen molar-refractivity contribution in [2.75, 3.05) is 0 Å². The number of nitrogens with zero attached hydrogens (tertiary/aromatic N) is 2. The van der Waals surface area contributed by atoms with Crippen LogP contribution in [0, 0.1) is 0 Å². The zero-order chi connectivity index (χ0) is 20.8. The van der Waals surface area contributed by atoms with Gasteiger partial charge < -0.3 is 14.6 Å². The quantitative estimate of drug-likeness (QED) is 0.461. The molecular weight excluding hydrogens is 402 g/mol. The van der Waals surface area contributed by atoms with E-state index in [2.05, 4.69) is 15.5 Å². The SMILES string of the molecule is O=C(NCc1nc(-c2ccccc2)no1)c1cccc(OCc2ccccc2Cl)c1. The van der Waals surface area contributed by atoms with Gasteiger partial charge in [0.25, 0.3) is 5.91 Å². The largest absolute Gasteiger partial charge is 0.489 e. The van der Waals surface area contributed by atoms with Gasteiger partial charge in [-0.15, -0.1) is 0 Å². The molecule has 1 aromatic heterocycles. The molecule has 3 aromatic carbocycles. The van der Waals surface area contributed by atoms with Crippen molar-refractivity contribution in [2.24, 2.45) is 0 Å². The highest BCUT2D eigenvalue weighted by atomic mass is 35.5. The fourth-order valence-electron chi connectivity index (χ4n) is 2.79. The lowest BCUT2D eigenvalue weighted by atomic mass is 10.2. The number of benzene rings is 3. The summed E-state index contributed by atoms with van der Waals surface area (Å²) < 4.78 is 11.0. The summed E-state index contributed by atoms with van der Waals surface area (Å²) in [6.07, 6.45) is 0. The first-order valence-electron chi connectivity index (χ1n) is 9.31. The molecule has 0 radical (unpaired) electrons. The van der Waals surface area contributed by atoms with Crippen LogP contribution in [0.25, 0.3) is 11.4 Å². The van der Waals surface area contributed by atoms with Crippen LogP contribution >= 0.6 is 11.6 Å². The third-order valence-corrected chi connectivity index (χ3v) is 4.72. The van der Waals surface area contributed by atoms with Crippen LogP contribution < -0.4 is 10.1 Å². The molecule has 0 unspecified atom stereocenters. The number of rotatable bonds is 7. The van der Waals surface area contributed by atoms with Crippen molar-refractivity contribution < 1.29 is 14.1 Å². The monoisotopic (exact) mass is 419 g/mol. The van der Waals surface area contributed by atoms with E-state index >= 15 is 0 Å². The van der Waals surface area contributed by atoms with Gasteiger partial charge >= 0.3 is 0 Å². The fourth-order valence-corrected chi connectivity index (χ4v) is 2.98. The Kier molecular flexibility index (Phi) is 6.06. The molecule has 4 rings (SSSR count). The molecule has 0 spiro atoms. The number of aromatic nitrogens is 2. The number of nitrogens with one attached hydrogen (secondary N) is 1. The number of halogens is 1. The van der Waals surface area contributed by atoms with Crippen molar-refractivity contribution in [3.8, 4) is 17.1 Å². The molecule has 7 heteroatoms. The fraction of sp³-hybridized carbons (Fsp3) is 0.0870. The maximum Gasteiger partial charge on any atom is 0.251 e. The van der Waals surface area contributed by atoms with Gasteiger partial charge in [-0.25, -0.2) is 0 Å². The molecule has 0 fully saturated rings. The zero-order valence-corrected chi connectivity index (χ0v) is 16.7. The predicted octanol–water partition coefficient (Wildman–Crippen LogP) is 4.90. The minimum Gasteiger partial charge on any atom is -0.489 e. The number of hydrogen-bond donors (Lipinski definition) is 1. The van der Waals surface area contributed by atoms with Crippen LogP contribution in [0.5, 0.6) is 5.75 Å². The third-order valence-electron chi connectivity index (χ3n) is 4.35. The first-order chi connectivity index (χ1) is 14.7. The molecule has 1 amide bonds. The Morgan fingerprint density at radius 3 is 2.63 bits per heavy atom. The van der Waals surface area contributed by atoms with E-state index in [0.717, 1.165) is 11.1 Å². The lowest BCUT2D eigenvalue weighted by Gasteiger charge is -2.09. The summed E-state index contributed by atoms with van der Waals surface area (Å²) >= 11 is 6.15.